The minimum Gasteiger partial charge on any atom is -0.367 e. The first-order valence-corrected chi connectivity index (χ1v) is 17.6. The Morgan fingerprint density at radius 1 is 0.958 bits per heavy atom. The van der Waals surface area contributed by atoms with E-state index in [1.165, 1.54) is 24.3 Å². The first-order chi connectivity index (χ1) is 23.3. The minimum atomic E-state index is -0.798. The molecule has 1 heterocycles. The number of nitrogens with zero attached hydrogens (tertiary/aromatic N) is 2. The van der Waals surface area contributed by atoms with Gasteiger partial charge < -0.3 is 14.6 Å². The number of nitrogens with one attached hydrogen (secondary N) is 2. The van der Waals surface area contributed by atoms with Crippen LogP contribution in [-0.4, -0.2) is 39.4 Å². The molecule has 248 valence electrons. The molecule has 4 aromatic carbocycles. The Labute approximate surface area is 291 Å². The lowest BCUT2D eigenvalue weighted by Gasteiger charge is -2.21. The van der Waals surface area contributed by atoms with E-state index in [0.717, 1.165) is 28.0 Å². The normalized spacial score (nSPS) is 12.3. The zero-order valence-corrected chi connectivity index (χ0v) is 28.3. The number of carbonyl (C=O) groups is 2. The summed E-state index contributed by atoms with van der Waals surface area (Å²) in [6, 6.07) is 23.6. The second-order valence-corrected chi connectivity index (χ2v) is 13.1. The van der Waals surface area contributed by atoms with Crippen LogP contribution in [0.15, 0.2) is 115 Å². The van der Waals surface area contributed by atoms with Gasteiger partial charge >= 0.3 is 0 Å². The van der Waals surface area contributed by atoms with Gasteiger partial charge in [-0.05, 0) is 113 Å². The zero-order valence-electron chi connectivity index (χ0n) is 25.9. The molecule has 12 heteroatoms. The smallest absolute Gasteiger partial charge is 0.252 e. The van der Waals surface area contributed by atoms with E-state index in [1.807, 2.05) is 23.1 Å². The van der Waals surface area contributed by atoms with Gasteiger partial charge in [-0.3, -0.25) is 14.3 Å². The number of benzene rings is 4. The number of carbonyl (C=O) groups excluding carboxylic acids is 2. The summed E-state index contributed by atoms with van der Waals surface area (Å²) in [6.07, 6.45) is 7.11. The second-order valence-electron chi connectivity index (χ2n) is 10.8. The topological polar surface area (TPSA) is 85.2 Å². The van der Waals surface area contributed by atoms with E-state index >= 15 is 0 Å². The lowest BCUT2D eigenvalue weighted by molar-refractivity contribution is -0.121. The highest BCUT2D eigenvalue weighted by Gasteiger charge is 2.24. The molecule has 0 bridgehead atoms. The highest BCUT2D eigenvalue weighted by molar-refractivity contribution is 7.98. The zero-order chi connectivity index (χ0) is 33.9. The van der Waals surface area contributed by atoms with Crippen molar-refractivity contribution in [3.8, 4) is 11.1 Å². The van der Waals surface area contributed by atoms with Gasteiger partial charge in [0.1, 0.15) is 23.8 Å². The monoisotopic (exact) mass is 706 g/mol. The summed E-state index contributed by atoms with van der Waals surface area (Å²) in [7, 11) is 0. The molecule has 1 unspecified atom stereocenters. The molecule has 5 aromatic rings. The average Bonchev–Trinajstić information content (AvgIpc) is 3.62. The molecule has 2 amide bonds. The molecular weight excluding hydrogens is 674 g/mol. The Hall–Kier alpha value is -4.16. The fourth-order valence-electron chi connectivity index (χ4n) is 4.89. The number of ether oxygens (including phenoxy) is 1. The fourth-order valence-corrected chi connectivity index (χ4v) is 6.12. The lowest BCUT2D eigenvalue weighted by Crippen LogP contribution is -2.45. The Balaban J connectivity index is 1.36. The third-order valence-electron chi connectivity index (χ3n) is 7.43. The predicted molar refractivity (Wildman–Crippen MR) is 188 cm³/mol. The molecule has 0 aliphatic rings. The van der Waals surface area contributed by atoms with E-state index in [4.69, 9.17) is 16.3 Å². The van der Waals surface area contributed by atoms with Crippen molar-refractivity contribution < 1.29 is 23.1 Å². The predicted octanol–water partition coefficient (Wildman–Crippen LogP) is 8.11. The van der Waals surface area contributed by atoms with Crippen LogP contribution in [0.5, 0.6) is 0 Å². The van der Waals surface area contributed by atoms with Crippen LogP contribution in [0.2, 0.25) is 5.02 Å². The Morgan fingerprint density at radius 2 is 1.67 bits per heavy atom. The number of hydrogen-bond acceptors (Lipinski definition) is 6. The van der Waals surface area contributed by atoms with Crippen molar-refractivity contribution in [1.82, 2.24) is 19.6 Å². The van der Waals surface area contributed by atoms with Crippen molar-refractivity contribution in [3.05, 3.63) is 143 Å². The molecule has 0 fully saturated rings. The standard InChI is InChI=1S/C36H33ClF2N4O3S2/c1-47-19-16-33(36(45)42-48-30-13-7-27(37)8-14-30)41-35(44)31-15-2-24(20-32(31)25-3-9-28(38)10-4-25)22-46-34(21-43-18-17-40-23-43)26-5-11-29(39)12-6-26/h2-15,17-18,20,23,33-34H,16,19,21-22H2,1H3,(H,41,44)(H,42,45)/t33-,34?/m0/s1. The average molecular weight is 707 g/mol. The van der Waals surface area contributed by atoms with Gasteiger partial charge in [0.05, 0.1) is 19.5 Å². The molecule has 1 aromatic heterocycles. The molecule has 2 atom stereocenters. The van der Waals surface area contributed by atoms with Gasteiger partial charge in [-0.2, -0.15) is 11.8 Å². The maximum atomic E-state index is 13.9. The van der Waals surface area contributed by atoms with E-state index in [1.54, 1.807) is 84.9 Å². The summed E-state index contributed by atoms with van der Waals surface area (Å²) in [5, 5.41) is 3.50. The van der Waals surface area contributed by atoms with Gasteiger partial charge in [0.25, 0.3) is 11.8 Å². The Morgan fingerprint density at radius 3 is 2.33 bits per heavy atom. The number of hydrogen-bond donors (Lipinski definition) is 2. The van der Waals surface area contributed by atoms with Crippen molar-refractivity contribution in [3.63, 3.8) is 0 Å². The van der Waals surface area contributed by atoms with Crippen molar-refractivity contribution in [2.45, 2.75) is 36.6 Å². The summed E-state index contributed by atoms with van der Waals surface area (Å²) in [5.41, 5.74) is 3.07. The van der Waals surface area contributed by atoms with Crippen molar-refractivity contribution in [2.24, 2.45) is 0 Å². The van der Waals surface area contributed by atoms with E-state index in [0.29, 0.717) is 40.4 Å². The quantitative estimate of drug-likeness (QED) is 0.107. The minimum absolute atomic E-state index is 0.174. The molecule has 0 spiro atoms. The highest BCUT2D eigenvalue weighted by Crippen LogP contribution is 2.28. The van der Waals surface area contributed by atoms with Gasteiger partial charge in [0, 0.05) is 27.9 Å². The maximum absolute atomic E-state index is 13.9. The van der Waals surface area contributed by atoms with E-state index < -0.39 is 23.9 Å². The molecule has 5 rings (SSSR count). The summed E-state index contributed by atoms with van der Waals surface area (Å²) >= 11 is 8.69. The van der Waals surface area contributed by atoms with Crippen LogP contribution in [-0.2, 0) is 22.7 Å². The van der Waals surface area contributed by atoms with Crippen molar-refractivity contribution >= 4 is 47.1 Å². The first kappa shape index (κ1) is 35.2. The lowest BCUT2D eigenvalue weighted by atomic mass is 9.96. The number of rotatable bonds is 15. The third kappa shape index (κ3) is 9.93. The van der Waals surface area contributed by atoms with Gasteiger partial charge in [-0.15, -0.1) is 0 Å². The number of thioether (sulfide) groups is 1. The van der Waals surface area contributed by atoms with Crippen LogP contribution in [0.25, 0.3) is 11.1 Å². The summed E-state index contributed by atoms with van der Waals surface area (Å²) in [6.45, 7) is 0.625. The molecule has 0 saturated carbocycles. The van der Waals surface area contributed by atoms with E-state index in [2.05, 4.69) is 15.0 Å². The van der Waals surface area contributed by atoms with Gasteiger partial charge in [0.2, 0.25) is 0 Å². The van der Waals surface area contributed by atoms with Gasteiger partial charge in [-0.25, -0.2) is 13.8 Å². The molecule has 0 saturated heterocycles. The number of halogens is 3. The van der Waals surface area contributed by atoms with Gasteiger partial charge in [0.15, 0.2) is 0 Å². The SMILES string of the molecule is CSCC[C@H](NC(=O)c1ccc(COC(Cn2ccnc2)c2ccc(F)cc2)cc1-c1ccc(F)cc1)C(=O)NSc1ccc(Cl)cc1. The van der Waals surface area contributed by atoms with Crippen LogP contribution in [0.3, 0.4) is 0 Å². The molecule has 2 N–H and O–H groups in total. The number of amides is 2. The molecule has 0 aliphatic heterocycles. The van der Waals surface area contributed by atoms with Crippen molar-refractivity contribution in [1.29, 1.82) is 0 Å². The summed E-state index contributed by atoms with van der Waals surface area (Å²) in [5.74, 6) is -0.872. The first-order valence-electron chi connectivity index (χ1n) is 15.0. The highest BCUT2D eigenvalue weighted by atomic mass is 35.5. The maximum Gasteiger partial charge on any atom is 0.252 e. The largest absolute Gasteiger partial charge is 0.367 e. The summed E-state index contributed by atoms with van der Waals surface area (Å²) < 4.78 is 38.6. The van der Waals surface area contributed by atoms with Crippen LogP contribution < -0.4 is 10.0 Å². The van der Waals surface area contributed by atoms with E-state index in [9.17, 15) is 18.4 Å². The molecule has 0 aliphatic carbocycles. The molecule has 7 nitrogen and oxygen atoms in total. The van der Waals surface area contributed by atoms with Crippen molar-refractivity contribution in [2.75, 3.05) is 12.0 Å². The van der Waals surface area contributed by atoms with Crippen LogP contribution in [0.1, 0.15) is 34.0 Å². The summed E-state index contributed by atoms with van der Waals surface area (Å²) in [4.78, 5) is 31.9. The van der Waals surface area contributed by atoms with Crippen LogP contribution >= 0.6 is 35.3 Å². The van der Waals surface area contributed by atoms with Crippen LogP contribution in [0, 0.1) is 11.6 Å². The third-order valence-corrected chi connectivity index (χ3v) is 9.14. The molecule has 0 radical (unpaired) electrons. The van der Waals surface area contributed by atoms with Gasteiger partial charge in [-0.1, -0.05) is 41.9 Å². The number of aromatic nitrogens is 2. The van der Waals surface area contributed by atoms with Crippen LogP contribution in [0.4, 0.5) is 8.78 Å². The second kappa shape index (κ2) is 17.3. The Bertz CT molecular complexity index is 1790. The number of imidazole rings is 1. The van der Waals surface area contributed by atoms with E-state index in [-0.39, 0.29) is 18.3 Å². The Kier molecular flexibility index (Phi) is 12.7. The molecule has 48 heavy (non-hydrogen) atoms. The fraction of sp³-hybridized carbons (Fsp3) is 0.194. The molecular formula is C36H33ClF2N4O3S2.